The average molecular weight is 431 g/mol. The summed E-state index contributed by atoms with van der Waals surface area (Å²) in [6.45, 7) is 0. The van der Waals surface area contributed by atoms with E-state index in [1.165, 1.54) is 23.5 Å². The molecule has 4 aromatic heterocycles. The molecule has 5 aromatic rings. The number of nitrogens with zero attached hydrogens (tertiary/aromatic N) is 5. The second-order valence-corrected chi connectivity index (χ2v) is 7.14. The molecule has 0 radical (unpaired) electrons. The first kappa shape index (κ1) is 15.4. The molecule has 0 fully saturated rings. The van der Waals surface area contributed by atoms with Gasteiger partial charge in [-0.25, -0.2) is 4.39 Å². The Kier molecular flexibility index (Phi) is 3.47. The molecule has 128 valence electrons. The van der Waals surface area contributed by atoms with E-state index in [9.17, 15) is 4.39 Å². The lowest BCUT2D eigenvalue weighted by Gasteiger charge is -1.94. The van der Waals surface area contributed by atoms with Crippen LogP contribution in [-0.4, -0.2) is 30.0 Å². The molecule has 0 saturated carbocycles. The van der Waals surface area contributed by atoms with Gasteiger partial charge >= 0.3 is 0 Å². The van der Waals surface area contributed by atoms with Gasteiger partial charge in [-0.3, -0.25) is 5.10 Å². The van der Waals surface area contributed by atoms with Crippen molar-refractivity contribution in [1.29, 1.82) is 0 Å². The molecule has 0 aliphatic heterocycles. The predicted molar refractivity (Wildman–Crippen MR) is 97.0 cm³/mol. The van der Waals surface area contributed by atoms with Crippen LogP contribution in [0.2, 0.25) is 0 Å². The fourth-order valence-electron chi connectivity index (χ4n) is 2.52. The molecule has 1 N–H and O–H groups in total. The van der Waals surface area contributed by atoms with Gasteiger partial charge in [-0.15, -0.1) is 15.3 Å². The number of rotatable bonds is 3. The third kappa shape index (κ3) is 2.54. The molecule has 0 aliphatic rings. The maximum absolute atomic E-state index is 13.1. The number of nitrogens with one attached hydrogen (secondary N) is 1. The van der Waals surface area contributed by atoms with Crippen LogP contribution in [0.1, 0.15) is 0 Å². The van der Waals surface area contributed by atoms with Crippen molar-refractivity contribution in [1.82, 2.24) is 30.0 Å². The minimum absolute atomic E-state index is 0.289. The van der Waals surface area contributed by atoms with Gasteiger partial charge in [0.2, 0.25) is 10.8 Å². The molecule has 0 amide bonds. The Balaban J connectivity index is 1.55. The largest absolute Gasteiger partial charge is 0.447 e. The van der Waals surface area contributed by atoms with Crippen LogP contribution < -0.4 is 0 Å². The lowest BCUT2D eigenvalue weighted by Crippen LogP contribution is -1.90. The highest BCUT2D eigenvalue weighted by atomic mass is 79.9. The molecule has 0 atom stereocenters. The van der Waals surface area contributed by atoms with Gasteiger partial charge in [0.1, 0.15) is 11.5 Å². The normalized spacial score (nSPS) is 11.5. The number of halogens is 2. The number of fused-ring (bicyclic) bond motifs is 1. The quantitative estimate of drug-likeness (QED) is 0.458. The summed E-state index contributed by atoms with van der Waals surface area (Å²) in [5.41, 5.74) is 2.14. The maximum Gasteiger partial charge on any atom is 0.235 e. The lowest BCUT2D eigenvalue weighted by atomic mass is 10.1. The summed E-state index contributed by atoms with van der Waals surface area (Å²) in [5, 5.41) is 20.8. The third-order valence-electron chi connectivity index (χ3n) is 3.73. The highest BCUT2D eigenvalue weighted by molar-refractivity contribution is 9.10. The highest BCUT2D eigenvalue weighted by Gasteiger charge is 2.18. The van der Waals surface area contributed by atoms with Gasteiger partial charge in [0.25, 0.3) is 0 Å². The van der Waals surface area contributed by atoms with E-state index < -0.39 is 0 Å². The molecule has 7 nitrogen and oxygen atoms in total. The first-order valence-electron chi connectivity index (χ1n) is 7.47. The fraction of sp³-hybridized carbons (Fsp3) is 0. The number of aromatic nitrogens is 6. The van der Waals surface area contributed by atoms with Crippen LogP contribution in [0.4, 0.5) is 4.39 Å². The van der Waals surface area contributed by atoms with Gasteiger partial charge in [0.05, 0.1) is 5.69 Å². The molecule has 4 heterocycles. The number of hydrogen-bond acceptors (Lipinski definition) is 6. The van der Waals surface area contributed by atoms with Crippen molar-refractivity contribution in [2.45, 2.75) is 0 Å². The zero-order valence-corrected chi connectivity index (χ0v) is 15.3. The number of aromatic amines is 1. The molecule has 10 heteroatoms. The molecule has 0 bridgehead atoms. The minimum atomic E-state index is -0.289. The zero-order chi connectivity index (χ0) is 17.7. The summed E-state index contributed by atoms with van der Waals surface area (Å²) < 4.78 is 20.9. The van der Waals surface area contributed by atoms with Crippen LogP contribution in [0.5, 0.6) is 0 Å². The molecule has 5 rings (SSSR count). The Bertz CT molecular complexity index is 1220. The van der Waals surface area contributed by atoms with Crippen LogP contribution >= 0.6 is 27.3 Å². The molecule has 1 aromatic carbocycles. The third-order valence-corrected chi connectivity index (χ3v) is 5.07. The molecule has 0 saturated heterocycles. The Morgan fingerprint density at radius 2 is 1.96 bits per heavy atom. The van der Waals surface area contributed by atoms with E-state index in [1.54, 1.807) is 16.6 Å². The number of H-pyrrole nitrogens is 1. The standard InChI is InChI=1S/C16H8BrFN6OS/c17-13-6-5-12(25-13)15-23-24-14(21-22-16(24)26-15)11-7-10(19-20-11)8-1-3-9(18)4-2-8/h1-7H,(H,19,20). The van der Waals surface area contributed by atoms with E-state index in [1.807, 2.05) is 18.2 Å². The molecule has 0 unspecified atom stereocenters. The fourth-order valence-corrected chi connectivity index (χ4v) is 3.63. The average Bonchev–Trinajstić information content (AvgIpc) is 3.38. The first-order chi connectivity index (χ1) is 12.7. The zero-order valence-electron chi connectivity index (χ0n) is 12.8. The van der Waals surface area contributed by atoms with Gasteiger partial charge in [-0.2, -0.15) is 9.61 Å². The van der Waals surface area contributed by atoms with E-state index in [4.69, 9.17) is 4.42 Å². The van der Waals surface area contributed by atoms with Crippen LogP contribution in [0.3, 0.4) is 0 Å². The number of hydrogen-bond donors (Lipinski definition) is 1. The number of benzene rings is 1. The van der Waals surface area contributed by atoms with Gasteiger partial charge in [-0.1, -0.05) is 11.3 Å². The highest BCUT2D eigenvalue weighted by Crippen LogP contribution is 2.31. The predicted octanol–water partition coefficient (Wildman–Crippen LogP) is 4.40. The van der Waals surface area contributed by atoms with Crippen molar-refractivity contribution < 1.29 is 8.81 Å². The molecular weight excluding hydrogens is 423 g/mol. The summed E-state index contributed by atoms with van der Waals surface area (Å²) in [6.07, 6.45) is 0. The van der Waals surface area contributed by atoms with E-state index >= 15 is 0 Å². The molecule has 0 aliphatic carbocycles. The van der Waals surface area contributed by atoms with Crippen molar-refractivity contribution in [3.05, 3.63) is 53.0 Å². The SMILES string of the molecule is Fc1ccc(-c2cc(-c3nnc4sc(-c5ccc(Br)o5)nn34)[nH]n2)cc1. The van der Waals surface area contributed by atoms with Crippen LogP contribution in [-0.2, 0) is 0 Å². The topological polar surface area (TPSA) is 84.9 Å². The van der Waals surface area contributed by atoms with E-state index in [2.05, 4.69) is 41.4 Å². The monoisotopic (exact) mass is 430 g/mol. The van der Waals surface area contributed by atoms with E-state index in [0.29, 0.717) is 37.6 Å². The molecule has 26 heavy (non-hydrogen) atoms. The van der Waals surface area contributed by atoms with Gasteiger partial charge in [-0.05, 0) is 58.4 Å². The number of furan rings is 1. The summed E-state index contributed by atoms with van der Waals surface area (Å²) in [4.78, 5) is 0.639. The summed E-state index contributed by atoms with van der Waals surface area (Å²) in [6, 6.07) is 11.6. The van der Waals surface area contributed by atoms with Crippen molar-refractivity contribution in [2.75, 3.05) is 0 Å². The summed E-state index contributed by atoms with van der Waals surface area (Å²) in [7, 11) is 0. The molecule has 0 spiro atoms. The Morgan fingerprint density at radius 3 is 2.73 bits per heavy atom. The smallest absolute Gasteiger partial charge is 0.235 e. The molecular formula is C16H8BrFN6OS. The van der Waals surface area contributed by atoms with Crippen LogP contribution in [0.15, 0.2) is 51.6 Å². The van der Waals surface area contributed by atoms with Crippen LogP contribution in [0, 0.1) is 5.82 Å². The second kappa shape index (κ2) is 5.85. The Hall–Kier alpha value is -2.85. The van der Waals surface area contributed by atoms with Crippen molar-refractivity contribution in [3.63, 3.8) is 0 Å². The van der Waals surface area contributed by atoms with Crippen molar-refractivity contribution in [2.24, 2.45) is 0 Å². The van der Waals surface area contributed by atoms with Crippen LogP contribution in [0.25, 0.3) is 38.5 Å². The van der Waals surface area contributed by atoms with Gasteiger partial charge < -0.3 is 4.42 Å². The summed E-state index contributed by atoms with van der Waals surface area (Å²) >= 11 is 4.65. The maximum atomic E-state index is 13.1. The van der Waals surface area contributed by atoms with E-state index in [0.717, 1.165) is 5.56 Å². The van der Waals surface area contributed by atoms with Crippen molar-refractivity contribution in [3.8, 4) is 33.5 Å². The summed E-state index contributed by atoms with van der Waals surface area (Å²) in [5.74, 6) is 0.896. The Labute approximate surface area is 157 Å². The Morgan fingerprint density at radius 1 is 1.12 bits per heavy atom. The lowest BCUT2D eigenvalue weighted by molar-refractivity contribution is 0.554. The van der Waals surface area contributed by atoms with E-state index in [-0.39, 0.29) is 5.82 Å². The van der Waals surface area contributed by atoms with Gasteiger partial charge in [0.15, 0.2) is 15.4 Å². The van der Waals surface area contributed by atoms with Crippen molar-refractivity contribution >= 4 is 32.2 Å². The first-order valence-corrected chi connectivity index (χ1v) is 9.08. The van der Waals surface area contributed by atoms with Gasteiger partial charge in [0, 0.05) is 5.56 Å². The minimum Gasteiger partial charge on any atom is -0.447 e. The second-order valence-electron chi connectivity index (χ2n) is 5.40.